The molecule has 6 nitrogen and oxygen atoms in total. The van der Waals surface area contributed by atoms with Gasteiger partial charge in [-0.3, -0.25) is 0 Å². The maximum Gasteiger partial charge on any atom is 0.127 e. The van der Waals surface area contributed by atoms with Gasteiger partial charge in [-0.05, 0) is 97.1 Å². The quantitative estimate of drug-likeness (QED) is 0.255. The van der Waals surface area contributed by atoms with Crippen molar-refractivity contribution in [3.63, 3.8) is 0 Å². The SMILES string of the molecule is Nc1ccc(Oc2ccc(OCCOc3ccc(Oc4ccc(N)cc4)cc3)cc2)cc1. The van der Waals surface area contributed by atoms with Gasteiger partial charge in [0.15, 0.2) is 0 Å². The van der Waals surface area contributed by atoms with E-state index in [-0.39, 0.29) is 0 Å². The van der Waals surface area contributed by atoms with Gasteiger partial charge in [-0.25, -0.2) is 0 Å². The Bertz CT molecular complexity index is 1020. The highest BCUT2D eigenvalue weighted by molar-refractivity contribution is 5.44. The van der Waals surface area contributed by atoms with Crippen LogP contribution in [0.5, 0.6) is 34.5 Å². The van der Waals surface area contributed by atoms with E-state index in [1.807, 2.05) is 72.8 Å². The van der Waals surface area contributed by atoms with Crippen LogP contribution >= 0.6 is 0 Å². The van der Waals surface area contributed by atoms with Crippen molar-refractivity contribution in [2.45, 2.75) is 0 Å². The van der Waals surface area contributed by atoms with Crippen molar-refractivity contribution in [3.05, 3.63) is 97.1 Å². The van der Waals surface area contributed by atoms with Gasteiger partial charge in [0, 0.05) is 11.4 Å². The molecule has 0 bridgehead atoms. The average Bonchev–Trinajstić information content (AvgIpc) is 2.82. The Morgan fingerprint density at radius 3 is 0.938 bits per heavy atom. The summed E-state index contributed by atoms with van der Waals surface area (Å²) in [6.45, 7) is 0.837. The molecule has 0 aliphatic carbocycles. The van der Waals surface area contributed by atoms with Crippen molar-refractivity contribution >= 4 is 11.4 Å². The van der Waals surface area contributed by atoms with E-state index in [1.165, 1.54) is 0 Å². The van der Waals surface area contributed by atoms with E-state index in [1.54, 1.807) is 24.3 Å². The van der Waals surface area contributed by atoms with Crippen LogP contribution in [0.3, 0.4) is 0 Å². The second-order valence-corrected chi connectivity index (χ2v) is 6.98. The van der Waals surface area contributed by atoms with Crippen molar-refractivity contribution in [2.24, 2.45) is 0 Å². The van der Waals surface area contributed by atoms with E-state index in [4.69, 9.17) is 30.4 Å². The molecular weight excluding hydrogens is 404 g/mol. The average molecular weight is 428 g/mol. The van der Waals surface area contributed by atoms with Gasteiger partial charge in [0.25, 0.3) is 0 Å². The van der Waals surface area contributed by atoms with Crippen molar-refractivity contribution in [2.75, 3.05) is 24.7 Å². The molecule has 0 unspecified atom stereocenters. The summed E-state index contributed by atoms with van der Waals surface area (Å²) in [5.41, 5.74) is 12.8. The zero-order valence-electron chi connectivity index (χ0n) is 17.4. The molecule has 4 aromatic rings. The molecule has 0 aliphatic rings. The predicted octanol–water partition coefficient (Wildman–Crippen LogP) is 5.89. The third kappa shape index (κ3) is 6.09. The Balaban J connectivity index is 1.19. The zero-order valence-corrected chi connectivity index (χ0v) is 17.4. The topological polar surface area (TPSA) is 89.0 Å². The van der Waals surface area contributed by atoms with Crippen molar-refractivity contribution in [1.29, 1.82) is 0 Å². The molecule has 0 atom stereocenters. The first-order valence-corrected chi connectivity index (χ1v) is 10.2. The number of rotatable bonds is 9. The number of benzene rings is 4. The second kappa shape index (κ2) is 10.1. The zero-order chi connectivity index (χ0) is 22.2. The van der Waals surface area contributed by atoms with Crippen LogP contribution in [-0.2, 0) is 0 Å². The Hall–Kier alpha value is -4.32. The van der Waals surface area contributed by atoms with E-state index in [9.17, 15) is 0 Å². The number of anilines is 2. The van der Waals surface area contributed by atoms with Gasteiger partial charge in [0.2, 0.25) is 0 Å². The maximum absolute atomic E-state index is 5.77. The van der Waals surface area contributed by atoms with Crippen molar-refractivity contribution < 1.29 is 18.9 Å². The lowest BCUT2D eigenvalue weighted by molar-refractivity contribution is 0.217. The van der Waals surface area contributed by atoms with Crippen molar-refractivity contribution in [1.82, 2.24) is 0 Å². The summed E-state index contributed by atoms with van der Waals surface area (Å²) in [4.78, 5) is 0. The monoisotopic (exact) mass is 428 g/mol. The highest BCUT2D eigenvalue weighted by atomic mass is 16.5. The van der Waals surface area contributed by atoms with Gasteiger partial charge in [0.1, 0.15) is 47.7 Å². The molecule has 32 heavy (non-hydrogen) atoms. The van der Waals surface area contributed by atoms with E-state index in [0.717, 1.165) is 34.5 Å². The molecule has 6 heteroatoms. The Morgan fingerprint density at radius 2 is 0.625 bits per heavy atom. The summed E-state index contributed by atoms with van der Waals surface area (Å²) in [5, 5.41) is 0. The number of nitrogens with two attached hydrogens (primary N) is 2. The molecule has 162 valence electrons. The summed E-state index contributed by atoms with van der Waals surface area (Å²) in [6, 6.07) is 29.3. The lowest BCUT2D eigenvalue weighted by Gasteiger charge is -2.10. The first-order chi connectivity index (χ1) is 15.6. The summed E-state index contributed by atoms with van der Waals surface area (Å²) in [7, 11) is 0. The minimum absolute atomic E-state index is 0.419. The summed E-state index contributed by atoms with van der Waals surface area (Å²) >= 11 is 0. The molecule has 0 radical (unpaired) electrons. The number of hydrogen-bond acceptors (Lipinski definition) is 6. The van der Waals surface area contributed by atoms with Crippen LogP contribution in [0.1, 0.15) is 0 Å². The fourth-order valence-electron chi connectivity index (χ4n) is 2.87. The van der Waals surface area contributed by atoms with Crippen LogP contribution in [0.15, 0.2) is 97.1 Å². The van der Waals surface area contributed by atoms with Gasteiger partial charge in [-0.1, -0.05) is 0 Å². The first kappa shape index (κ1) is 20.9. The lowest BCUT2D eigenvalue weighted by Crippen LogP contribution is -2.08. The Labute approximate surface area is 186 Å². The van der Waals surface area contributed by atoms with Gasteiger partial charge in [-0.15, -0.1) is 0 Å². The molecule has 0 fully saturated rings. The van der Waals surface area contributed by atoms with Crippen LogP contribution in [0.25, 0.3) is 0 Å². The second-order valence-electron chi connectivity index (χ2n) is 6.98. The first-order valence-electron chi connectivity index (χ1n) is 10.2. The standard InChI is InChI=1S/C26H24N2O4/c27-19-1-5-23(6-2-19)31-25-13-9-21(10-14-25)29-17-18-30-22-11-15-26(16-12-22)32-24-7-3-20(28)4-8-24/h1-16H,17-18,27-28H2. The number of hydrogen-bond donors (Lipinski definition) is 2. The molecule has 0 saturated heterocycles. The number of ether oxygens (including phenoxy) is 4. The third-order valence-electron chi connectivity index (χ3n) is 4.50. The predicted molar refractivity (Wildman–Crippen MR) is 126 cm³/mol. The van der Waals surface area contributed by atoms with Gasteiger partial charge in [0.05, 0.1) is 0 Å². The Kier molecular flexibility index (Phi) is 6.63. The van der Waals surface area contributed by atoms with E-state index in [2.05, 4.69) is 0 Å². The van der Waals surface area contributed by atoms with Crippen LogP contribution in [0.2, 0.25) is 0 Å². The van der Waals surface area contributed by atoms with E-state index in [0.29, 0.717) is 24.6 Å². The molecule has 0 saturated carbocycles. The van der Waals surface area contributed by atoms with Gasteiger partial charge in [-0.2, -0.15) is 0 Å². The molecule has 0 heterocycles. The third-order valence-corrected chi connectivity index (χ3v) is 4.50. The summed E-state index contributed by atoms with van der Waals surface area (Å²) in [6.07, 6.45) is 0. The minimum Gasteiger partial charge on any atom is -0.490 e. The normalized spacial score (nSPS) is 10.4. The smallest absolute Gasteiger partial charge is 0.127 e. The van der Waals surface area contributed by atoms with E-state index >= 15 is 0 Å². The highest BCUT2D eigenvalue weighted by Crippen LogP contribution is 2.26. The fourth-order valence-corrected chi connectivity index (χ4v) is 2.87. The fraction of sp³-hybridized carbons (Fsp3) is 0.0769. The summed E-state index contributed by atoms with van der Waals surface area (Å²) < 4.78 is 23.0. The molecule has 4 N–H and O–H groups in total. The van der Waals surface area contributed by atoms with E-state index < -0.39 is 0 Å². The lowest BCUT2D eigenvalue weighted by atomic mass is 10.3. The molecule has 0 spiro atoms. The van der Waals surface area contributed by atoms with Crippen LogP contribution < -0.4 is 30.4 Å². The minimum atomic E-state index is 0.419. The van der Waals surface area contributed by atoms with Gasteiger partial charge >= 0.3 is 0 Å². The van der Waals surface area contributed by atoms with Crippen LogP contribution in [0, 0.1) is 0 Å². The molecule has 0 amide bonds. The molecule has 4 aromatic carbocycles. The van der Waals surface area contributed by atoms with Crippen LogP contribution in [0.4, 0.5) is 11.4 Å². The highest BCUT2D eigenvalue weighted by Gasteiger charge is 2.01. The number of nitrogen functional groups attached to an aromatic ring is 2. The Morgan fingerprint density at radius 1 is 0.375 bits per heavy atom. The molecule has 0 aromatic heterocycles. The summed E-state index contributed by atoms with van der Waals surface area (Å²) in [5.74, 6) is 4.38. The van der Waals surface area contributed by atoms with Gasteiger partial charge < -0.3 is 30.4 Å². The molecule has 4 rings (SSSR count). The molecular formula is C26H24N2O4. The molecule has 0 aliphatic heterocycles. The maximum atomic E-state index is 5.77. The van der Waals surface area contributed by atoms with Crippen LogP contribution in [-0.4, -0.2) is 13.2 Å². The largest absolute Gasteiger partial charge is 0.490 e. The van der Waals surface area contributed by atoms with Crippen molar-refractivity contribution in [3.8, 4) is 34.5 Å².